The fraction of sp³-hybridized carbons (Fsp3) is 0.188. The number of amides is 1. The van der Waals surface area contributed by atoms with Crippen molar-refractivity contribution < 1.29 is 13.2 Å². The van der Waals surface area contributed by atoms with Crippen LogP contribution in [0.25, 0.3) is 11.3 Å². The van der Waals surface area contributed by atoms with Crippen molar-refractivity contribution in [2.75, 3.05) is 13.6 Å². The lowest BCUT2D eigenvalue weighted by molar-refractivity contribution is -0.121. The van der Waals surface area contributed by atoms with Crippen LogP contribution in [0.15, 0.2) is 46.2 Å². The Labute approximate surface area is 169 Å². The highest BCUT2D eigenvalue weighted by molar-refractivity contribution is 7.91. The van der Waals surface area contributed by atoms with Gasteiger partial charge in [-0.2, -0.15) is 4.31 Å². The van der Waals surface area contributed by atoms with Gasteiger partial charge in [-0.15, -0.1) is 22.7 Å². The van der Waals surface area contributed by atoms with Crippen LogP contribution in [0.5, 0.6) is 0 Å². The van der Waals surface area contributed by atoms with Gasteiger partial charge in [-0.25, -0.2) is 13.4 Å². The molecule has 142 valence electrons. The van der Waals surface area contributed by atoms with Crippen molar-refractivity contribution in [2.24, 2.45) is 0 Å². The van der Waals surface area contributed by atoms with Crippen LogP contribution in [0.3, 0.4) is 0 Å². The summed E-state index contributed by atoms with van der Waals surface area (Å²) >= 11 is 8.16. The molecule has 0 aliphatic rings. The largest absolute Gasteiger partial charge is 0.348 e. The van der Waals surface area contributed by atoms with Gasteiger partial charge in [-0.3, -0.25) is 9.78 Å². The summed E-state index contributed by atoms with van der Waals surface area (Å²) in [5.74, 6) is -0.413. The Morgan fingerprint density at radius 3 is 2.67 bits per heavy atom. The summed E-state index contributed by atoms with van der Waals surface area (Å²) in [6, 6.07) is 6.64. The molecule has 0 atom stereocenters. The Kier molecular flexibility index (Phi) is 6.22. The highest BCUT2D eigenvalue weighted by Crippen LogP contribution is 2.27. The third-order valence-electron chi connectivity index (χ3n) is 3.54. The maximum absolute atomic E-state index is 12.4. The fourth-order valence-corrected chi connectivity index (χ4v) is 5.72. The molecule has 0 aliphatic carbocycles. The van der Waals surface area contributed by atoms with Crippen LogP contribution in [0.1, 0.15) is 5.01 Å². The van der Waals surface area contributed by atoms with Gasteiger partial charge in [-0.1, -0.05) is 11.6 Å². The van der Waals surface area contributed by atoms with E-state index in [1.807, 2.05) is 17.5 Å². The van der Waals surface area contributed by atoms with Crippen molar-refractivity contribution >= 4 is 50.2 Å². The summed E-state index contributed by atoms with van der Waals surface area (Å²) in [6.07, 6.45) is 3.38. The van der Waals surface area contributed by atoms with Gasteiger partial charge in [0.25, 0.3) is 10.0 Å². The van der Waals surface area contributed by atoms with Crippen molar-refractivity contribution in [1.82, 2.24) is 19.6 Å². The van der Waals surface area contributed by atoms with Crippen LogP contribution >= 0.6 is 34.3 Å². The molecule has 0 aromatic carbocycles. The van der Waals surface area contributed by atoms with Gasteiger partial charge in [0.05, 0.1) is 23.1 Å². The maximum Gasteiger partial charge on any atom is 0.252 e. The third-order valence-corrected chi connectivity index (χ3v) is 7.89. The molecule has 0 aliphatic heterocycles. The van der Waals surface area contributed by atoms with E-state index >= 15 is 0 Å². The number of pyridine rings is 1. The Morgan fingerprint density at radius 1 is 1.26 bits per heavy atom. The highest BCUT2D eigenvalue weighted by Gasteiger charge is 2.24. The van der Waals surface area contributed by atoms with E-state index < -0.39 is 15.9 Å². The summed E-state index contributed by atoms with van der Waals surface area (Å²) in [5, 5.41) is 5.32. The smallest absolute Gasteiger partial charge is 0.252 e. The van der Waals surface area contributed by atoms with E-state index in [4.69, 9.17) is 11.6 Å². The Morgan fingerprint density at radius 2 is 2.00 bits per heavy atom. The predicted octanol–water partition coefficient (Wildman–Crippen LogP) is 2.86. The summed E-state index contributed by atoms with van der Waals surface area (Å²) in [5.41, 5.74) is 1.75. The molecule has 0 radical (unpaired) electrons. The summed E-state index contributed by atoms with van der Waals surface area (Å²) < 4.78 is 26.3. The highest BCUT2D eigenvalue weighted by atomic mass is 35.5. The molecule has 0 bridgehead atoms. The van der Waals surface area contributed by atoms with Crippen molar-refractivity contribution in [3.05, 3.63) is 51.4 Å². The van der Waals surface area contributed by atoms with Crippen molar-refractivity contribution in [2.45, 2.75) is 10.8 Å². The van der Waals surface area contributed by atoms with E-state index in [-0.39, 0.29) is 17.3 Å². The van der Waals surface area contributed by atoms with Gasteiger partial charge in [-0.05, 0) is 24.3 Å². The molecule has 1 amide bonds. The molecule has 1 N–H and O–H groups in total. The molecule has 0 unspecified atom stereocenters. The fourth-order valence-electron chi connectivity index (χ4n) is 2.15. The number of thiophene rings is 1. The number of halogens is 1. The molecule has 0 saturated heterocycles. The van der Waals surface area contributed by atoms with Gasteiger partial charge in [0.1, 0.15) is 9.22 Å². The number of hydrogen-bond acceptors (Lipinski definition) is 7. The lowest BCUT2D eigenvalue weighted by atomic mass is 10.2. The topological polar surface area (TPSA) is 92.3 Å². The van der Waals surface area contributed by atoms with Crippen LogP contribution in [0.4, 0.5) is 0 Å². The van der Waals surface area contributed by atoms with Gasteiger partial charge in [0.15, 0.2) is 0 Å². The molecule has 7 nitrogen and oxygen atoms in total. The minimum absolute atomic E-state index is 0.102. The molecular formula is C16H15ClN4O3S3. The molecule has 3 aromatic heterocycles. The van der Waals surface area contributed by atoms with Gasteiger partial charge in [0, 0.05) is 30.4 Å². The minimum Gasteiger partial charge on any atom is -0.348 e. The standard InChI is InChI=1S/C16H15ClN4O3S3/c1-21(27(23,24)16-3-2-13(17)26-16)9-14(22)19-8-15-20-12(10-25-15)11-4-6-18-7-5-11/h2-7,10H,8-9H2,1H3,(H,19,22). The van der Waals surface area contributed by atoms with Crippen LogP contribution in [-0.2, 0) is 21.4 Å². The molecule has 3 heterocycles. The van der Waals surface area contributed by atoms with Crippen LogP contribution in [0, 0.1) is 0 Å². The minimum atomic E-state index is -3.74. The zero-order valence-corrected chi connectivity index (χ0v) is 17.3. The first-order chi connectivity index (χ1) is 12.9. The van der Waals surface area contributed by atoms with Gasteiger partial charge < -0.3 is 5.32 Å². The lowest BCUT2D eigenvalue weighted by Gasteiger charge is -2.15. The number of hydrogen-bond donors (Lipinski definition) is 1. The number of nitrogens with one attached hydrogen (secondary N) is 1. The SMILES string of the molecule is CN(CC(=O)NCc1nc(-c2ccncc2)cs1)S(=O)(=O)c1ccc(Cl)s1. The molecule has 3 aromatic rings. The maximum atomic E-state index is 12.4. The Hall–Kier alpha value is -1.85. The first-order valence-electron chi connectivity index (χ1n) is 7.69. The quantitative estimate of drug-likeness (QED) is 0.607. The van der Waals surface area contributed by atoms with Crippen LogP contribution < -0.4 is 5.32 Å². The van der Waals surface area contributed by atoms with Crippen molar-refractivity contribution in [3.8, 4) is 11.3 Å². The first kappa shape index (κ1) is 19.9. The number of carbonyl (C=O) groups excluding carboxylic acids is 1. The van der Waals surface area contributed by atoms with E-state index in [1.54, 1.807) is 12.4 Å². The van der Waals surface area contributed by atoms with Crippen LogP contribution in [-0.4, -0.2) is 42.2 Å². The summed E-state index contributed by atoms with van der Waals surface area (Å²) in [6.45, 7) is -0.0618. The molecule has 3 rings (SSSR count). The predicted molar refractivity (Wildman–Crippen MR) is 106 cm³/mol. The number of sulfonamides is 1. The molecule has 0 fully saturated rings. The Balaban J connectivity index is 1.56. The second kappa shape index (κ2) is 8.44. The van der Waals surface area contributed by atoms with E-state index in [0.717, 1.165) is 31.9 Å². The Bertz CT molecular complexity index is 1030. The third kappa shape index (κ3) is 4.90. The molecular weight excluding hydrogens is 428 g/mol. The number of nitrogens with zero attached hydrogens (tertiary/aromatic N) is 3. The van der Waals surface area contributed by atoms with Crippen molar-refractivity contribution in [3.63, 3.8) is 0 Å². The molecule has 0 spiro atoms. The molecule has 27 heavy (non-hydrogen) atoms. The van der Waals surface area contributed by atoms with Crippen LogP contribution in [0.2, 0.25) is 4.34 Å². The number of aromatic nitrogens is 2. The average molecular weight is 443 g/mol. The van der Waals surface area contributed by atoms with E-state index in [0.29, 0.717) is 4.34 Å². The van der Waals surface area contributed by atoms with E-state index in [1.165, 1.54) is 30.5 Å². The van der Waals surface area contributed by atoms with Gasteiger partial charge in [0.2, 0.25) is 5.91 Å². The van der Waals surface area contributed by atoms with E-state index in [2.05, 4.69) is 15.3 Å². The second-order valence-electron chi connectivity index (χ2n) is 5.46. The lowest BCUT2D eigenvalue weighted by Crippen LogP contribution is -2.37. The molecule has 0 saturated carbocycles. The zero-order chi connectivity index (χ0) is 19.4. The summed E-state index contributed by atoms with van der Waals surface area (Å²) in [4.78, 5) is 20.5. The number of rotatable bonds is 7. The zero-order valence-electron chi connectivity index (χ0n) is 14.1. The average Bonchev–Trinajstić information content (AvgIpc) is 3.30. The molecule has 11 heteroatoms. The second-order valence-corrected chi connectivity index (χ2v) is 10.4. The number of carbonyl (C=O) groups is 1. The normalized spacial score (nSPS) is 11.7. The van der Waals surface area contributed by atoms with E-state index in [9.17, 15) is 13.2 Å². The summed E-state index contributed by atoms with van der Waals surface area (Å²) in [7, 11) is -2.39. The van der Waals surface area contributed by atoms with Gasteiger partial charge >= 0.3 is 0 Å². The number of thiazole rings is 1. The van der Waals surface area contributed by atoms with Crippen molar-refractivity contribution in [1.29, 1.82) is 0 Å². The monoisotopic (exact) mass is 442 g/mol. The number of likely N-dealkylation sites (N-methyl/N-ethyl adjacent to an activating group) is 1. The first-order valence-corrected chi connectivity index (χ1v) is 11.2.